The van der Waals surface area contributed by atoms with Crippen LogP contribution in [0.4, 0.5) is 11.6 Å². The second-order valence-corrected chi connectivity index (χ2v) is 4.88. The van der Waals surface area contributed by atoms with E-state index in [0.29, 0.717) is 11.6 Å². The van der Waals surface area contributed by atoms with Gasteiger partial charge in [-0.15, -0.1) is 0 Å². The van der Waals surface area contributed by atoms with Crippen LogP contribution in [-0.2, 0) is 4.74 Å². The van der Waals surface area contributed by atoms with E-state index in [2.05, 4.69) is 25.0 Å². The molecule has 0 aromatic carbocycles. The fourth-order valence-corrected chi connectivity index (χ4v) is 2.03. The van der Waals surface area contributed by atoms with Crippen molar-refractivity contribution in [2.45, 2.75) is 6.92 Å². The minimum absolute atomic E-state index is 0.230. The predicted molar refractivity (Wildman–Crippen MR) is 85.0 cm³/mol. The van der Waals surface area contributed by atoms with Crippen molar-refractivity contribution in [3.8, 4) is 5.82 Å². The van der Waals surface area contributed by atoms with Crippen LogP contribution < -0.4 is 5.32 Å². The number of ether oxygens (including phenoxy) is 1. The normalized spacial score (nSPS) is 10.3. The van der Waals surface area contributed by atoms with Gasteiger partial charge in [-0.3, -0.25) is 4.57 Å². The summed E-state index contributed by atoms with van der Waals surface area (Å²) in [4.78, 5) is 24.2. The molecule has 0 spiro atoms. The van der Waals surface area contributed by atoms with Crippen LogP contribution in [0, 0.1) is 6.92 Å². The number of nitrogens with one attached hydrogen (secondary N) is 1. The summed E-state index contributed by atoms with van der Waals surface area (Å²) in [5.41, 5.74) is 1.34. The Kier molecular flexibility index (Phi) is 4.01. The Morgan fingerprint density at radius 3 is 2.87 bits per heavy atom. The third-order valence-electron chi connectivity index (χ3n) is 3.15. The summed E-state index contributed by atoms with van der Waals surface area (Å²) < 4.78 is 6.30. The smallest absolute Gasteiger partial charge is 0.358 e. The number of pyridine rings is 2. The molecule has 116 valence electrons. The number of esters is 1. The van der Waals surface area contributed by atoms with Crippen molar-refractivity contribution in [1.29, 1.82) is 0 Å². The van der Waals surface area contributed by atoms with Gasteiger partial charge in [0, 0.05) is 12.4 Å². The fourth-order valence-electron chi connectivity index (χ4n) is 2.03. The van der Waals surface area contributed by atoms with E-state index in [-0.39, 0.29) is 5.69 Å². The molecule has 1 N–H and O–H groups in total. The van der Waals surface area contributed by atoms with Crippen LogP contribution in [0.3, 0.4) is 0 Å². The van der Waals surface area contributed by atoms with Crippen LogP contribution in [0.5, 0.6) is 0 Å². The lowest BCUT2D eigenvalue weighted by molar-refractivity contribution is 0.0594. The molecule has 0 aliphatic heterocycles. The number of methoxy groups -OCH3 is 1. The lowest BCUT2D eigenvalue weighted by Gasteiger charge is -2.07. The Morgan fingerprint density at radius 2 is 2.09 bits per heavy atom. The van der Waals surface area contributed by atoms with E-state index >= 15 is 0 Å². The third-order valence-corrected chi connectivity index (χ3v) is 3.15. The van der Waals surface area contributed by atoms with Gasteiger partial charge in [-0.1, -0.05) is 6.07 Å². The number of aryl methyl sites for hydroxylation is 1. The molecule has 3 aromatic rings. The Labute approximate surface area is 133 Å². The molecule has 0 amide bonds. The van der Waals surface area contributed by atoms with Crippen molar-refractivity contribution < 1.29 is 9.53 Å². The molecule has 0 aliphatic carbocycles. The van der Waals surface area contributed by atoms with Crippen molar-refractivity contribution in [2.75, 3.05) is 12.4 Å². The van der Waals surface area contributed by atoms with E-state index in [4.69, 9.17) is 0 Å². The quantitative estimate of drug-likeness (QED) is 0.746. The largest absolute Gasteiger partial charge is 0.464 e. The third kappa shape index (κ3) is 3.34. The molecule has 0 bridgehead atoms. The second kappa shape index (κ2) is 6.27. The van der Waals surface area contributed by atoms with Gasteiger partial charge in [0.15, 0.2) is 5.69 Å². The molecule has 7 nitrogen and oxygen atoms in total. The number of aromatic nitrogens is 4. The first kappa shape index (κ1) is 14.7. The first-order valence-electron chi connectivity index (χ1n) is 6.95. The summed E-state index contributed by atoms with van der Waals surface area (Å²) in [7, 11) is 1.32. The van der Waals surface area contributed by atoms with Gasteiger partial charge < -0.3 is 10.1 Å². The zero-order valence-electron chi connectivity index (χ0n) is 12.7. The number of nitrogens with zero attached hydrogens (tertiary/aromatic N) is 4. The van der Waals surface area contributed by atoms with Gasteiger partial charge in [0.1, 0.15) is 23.8 Å². The maximum absolute atomic E-state index is 11.5. The van der Waals surface area contributed by atoms with Gasteiger partial charge in [0.25, 0.3) is 0 Å². The first-order chi connectivity index (χ1) is 11.2. The van der Waals surface area contributed by atoms with Gasteiger partial charge in [0.05, 0.1) is 7.11 Å². The van der Waals surface area contributed by atoms with Crippen LogP contribution in [-0.4, -0.2) is 32.6 Å². The minimum Gasteiger partial charge on any atom is -0.464 e. The summed E-state index contributed by atoms with van der Waals surface area (Å²) in [5, 5.41) is 3.15. The maximum atomic E-state index is 11.5. The Bertz CT molecular complexity index is 844. The molecule has 3 heterocycles. The first-order valence-corrected chi connectivity index (χ1v) is 6.95. The minimum atomic E-state index is -0.484. The second-order valence-electron chi connectivity index (χ2n) is 4.88. The Balaban J connectivity index is 1.85. The van der Waals surface area contributed by atoms with Crippen LogP contribution in [0.25, 0.3) is 5.82 Å². The average molecular weight is 309 g/mol. The van der Waals surface area contributed by atoms with E-state index < -0.39 is 5.97 Å². The molecule has 0 saturated carbocycles. The highest BCUT2D eigenvalue weighted by Crippen LogP contribution is 2.15. The standard InChI is InChI=1S/C16H15N5O2/c1-11-6-7-17-14(8-11)19-13-4-3-5-15(20-13)21-9-12(18-10-21)16(22)23-2/h3-10H,1-2H3,(H,17,19,20). The summed E-state index contributed by atoms with van der Waals surface area (Å²) in [5.74, 6) is 1.51. The molecule has 0 saturated heterocycles. The van der Waals surface area contributed by atoms with Crippen molar-refractivity contribution >= 4 is 17.6 Å². The highest BCUT2D eigenvalue weighted by molar-refractivity contribution is 5.86. The zero-order valence-corrected chi connectivity index (χ0v) is 12.7. The van der Waals surface area contributed by atoms with Crippen molar-refractivity contribution in [2.24, 2.45) is 0 Å². The SMILES string of the molecule is COC(=O)c1cn(-c2cccc(Nc3cc(C)ccn3)n2)cn1. The lowest BCUT2D eigenvalue weighted by atomic mass is 10.3. The molecular weight excluding hydrogens is 294 g/mol. The Hall–Kier alpha value is -3.22. The zero-order chi connectivity index (χ0) is 16.2. The maximum Gasteiger partial charge on any atom is 0.358 e. The van der Waals surface area contributed by atoms with Crippen LogP contribution >= 0.6 is 0 Å². The molecule has 0 atom stereocenters. The van der Waals surface area contributed by atoms with Crippen molar-refractivity contribution in [3.05, 3.63) is 60.3 Å². The molecule has 3 rings (SSSR count). The van der Waals surface area contributed by atoms with Gasteiger partial charge in [0.2, 0.25) is 0 Å². The number of rotatable bonds is 4. The predicted octanol–water partition coefficient (Wildman–Crippen LogP) is 2.50. The molecule has 0 unspecified atom stereocenters. The summed E-state index contributed by atoms with van der Waals surface area (Å²) in [6.45, 7) is 2.00. The van der Waals surface area contributed by atoms with E-state index in [1.165, 1.54) is 13.4 Å². The number of hydrogen-bond donors (Lipinski definition) is 1. The topological polar surface area (TPSA) is 81.9 Å². The highest BCUT2D eigenvalue weighted by Gasteiger charge is 2.10. The van der Waals surface area contributed by atoms with Gasteiger partial charge in [-0.25, -0.2) is 19.7 Å². The van der Waals surface area contributed by atoms with Gasteiger partial charge in [-0.05, 0) is 36.8 Å². The molecule has 0 radical (unpaired) electrons. The lowest BCUT2D eigenvalue weighted by Crippen LogP contribution is -2.02. The monoisotopic (exact) mass is 309 g/mol. The Morgan fingerprint density at radius 1 is 1.22 bits per heavy atom. The average Bonchev–Trinajstić information content (AvgIpc) is 3.04. The van der Waals surface area contributed by atoms with E-state index in [1.807, 2.05) is 37.3 Å². The number of hydrogen-bond acceptors (Lipinski definition) is 6. The number of carbonyl (C=O) groups is 1. The molecular formula is C16H15N5O2. The van der Waals surface area contributed by atoms with Crippen molar-refractivity contribution in [1.82, 2.24) is 19.5 Å². The summed E-state index contributed by atoms with van der Waals surface area (Å²) >= 11 is 0. The molecule has 23 heavy (non-hydrogen) atoms. The van der Waals surface area contributed by atoms with Gasteiger partial charge >= 0.3 is 5.97 Å². The van der Waals surface area contributed by atoms with E-state index in [1.54, 1.807) is 17.0 Å². The van der Waals surface area contributed by atoms with Crippen LogP contribution in [0.2, 0.25) is 0 Å². The summed E-state index contributed by atoms with van der Waals surface area (Å²) in [6.07, 6.45) is 4.83. The van der Waals surface area contributed by atoms with Gasteiger partial charge in [-0.2, -0.15) is 0 Å². The molecule has 0 aliphatic rings. The van der Waals surface area contributed by atoms with E-state index in [0.717, 1.165) is 11.4 Å². The molecule has 7 heteroatoms. The highest BCUT2D eigenvalue weighted by atomic mass is 16.5. The van der Waals surface area contributed by atoms with Crippen molar-refractivity contribution in [3.63, 3.8) is 0 Å². The number of imidazole rings is 1. The van der Waals surface area contributed by atoms with E-state index in [9.17, 15) is 4.79 Å². The summed E-state index contributed by atoms with van der Waals surface area (Å²) in [6, 6.07) is 9.37. The number of anilines is 2. The molecule has 3 aromatic heterocycles. The number of carbonyl (C=O) groups excluding carboxylic acids is 1. The fraction of sp³-hybridized carbons (Fsp3) is 0.125. The van der Waals surface area contributed by atoms with Crippen LogP contribution in [0.1, 0.15) is 16.1 Å². The van der Waals surface area contributed by atoms with Crippen LogP contribution in [0.15, 0.2) is 49.1 Å². The molecule has 0 fully saturated rings.